The normalized spacial score (nSPS) is 18.2. The van der Waals surface area contributed by atoms with Gasteiger partial charge < -0.3 is 35.2 Å². The molecule has 13 heteroatoms. The Morgan fingerprint density at radius 2 is 0.753 bits per heavy atom. The van der Waals surface area contributed by atoms with E-state index in [1.807, 2.05) is 0 Å². The molecular weight excluding hydrogens is 1090 g/mol. The summed E-state index contributed by atoms with van der Waals surface area (Å²) in [6, 6.07) is -0.857. The van der Waals surface area contributed by atoms with Crippen LogP contribution in [0.3, 0.4) is 0 Å². The van der Waals surface area contributed by atoms with Gasteiger partial charge in [-0.25, -0.2) is 4.18 Å². The fraction of sp³-hybridized carbons (Fsp3) is 0.958. The monoisotopic (exact) mass is 1230 g/mol. The molecule has 0 saturated carbocycles. The molecule has 0 aromatic heterocycles. The molecule has 1 amide bonds. The molecule has 1 aliphatic heterocycles. The van der Waals surface area contributed by atoms with Crippen LogP contribution in [0.2, 0.25) is 0 Å². The van der Waals surface area contributed by atoms with Crippen LogP contribution >= 0.6 is 0 Å². The van der Waals surface area contributed by atoms with Gasteiger partial charge in [0.25, 0.3) is 0 Å². The molecule has 1 fully saturated rings. The number of hydrogen-bond donors (Lipinski definition) is 6. The number of aliphatic hydroxyl groups is 4. The highest BCUT2D eigenvalue weighted by molar-refractivity contribution is 7.80. The second-order valence-corrected chi connectivity index (χ2v) is 27.3. The van der Waals surface area contributed by atoms with Crippen molar-refractivity contribution in [3.8, 4) is 0 Å². The van der Waals surface area contributed by atoms with Crippen molar-refractivity contribution in [3.05, 3.63) is 12.2 Å². The molecule has 85 heavy (non-hydrogen) atoms. The Kier molecular flexibility index (Phi) is 59.4. The molecule has 1 heterocycles. The van der Waals surface area contributed by atoms with Crippen molar-refractivity contribution in [1.82, 2.24) is 5.32 Å². The number of carbonyl (C=O) groups excluding carboxylic acids is 1. The number of allylic oxidation sites excluding steroid dienone is 2. The van der Waals surface area contributed by atoms with Crippen LogP contribution in [0.15, 0.2) is 12.2 Å². The van der Waals surface area contributed by atoms with E-state index in [2.05, 4.69) is 35.5 Å². The summed E-state index contributed by atoms with van der Waals surface area (Å²) in [5, 5.41) is 45.4. The molecule has 0 aromatic rings. The third-order valence-electron chi connectivity index (χ3n) is 18.1. The first-order chi connectivity index (χ1) is 41.5. The van der Waals surface area contributed by atoms with E-state index in [0.29, 0.717) is 12.8 Å². The summed E-state index contributed by atoms with van der Waals surface area (Å²) >= 11 is 0. The Labute approximate surface area is 525 Å². The fourth-order valence-corrected chi connectivity index (χ4v) is 12.9. The van der Waals surface area contributed by atoms with Gasteiger partial charge >= 0.3 is 10.4 Å². The van der Waals surface area contributed by atoms with Gasteiger partial charge in [0.1, 0.15) is 24.4 Å². The maximum absolute atomic E-state index is 13.2. The molecule has 0 aliphatic carbocycles. The van der Waals surface area contributed by atoms with Crippen LogP contribution in [0.25, 0.3) is 0 Å². The summed E-state index contributed by atoms with van der Waals surface area (Å²) < 4.78 is 48.2. The van der Waals surface area contributed by atoms with Crippen LogP contribution in [0, 0.1) is 0 Å². The predicted molar refractivity (Wildman–Crippen MR) is 356 cm³/mol. The van der Waals surface area contributed by atoms with Crippen molar-refractivity contribution < 1.29 is 51.8 Å². The van der Waals surface area contributed by atoms with E-state index in [4.69, 9.17) is 9.47 Å². The number of hydrogen-bond acceptors (Lipinski definition) is 10. The number of rotatable bonds is 67. The van der Waals surface area contributed by atoms with E-state index in [9.17, 15) is 38.2 Å². The van der Waals surface area contributed by atoms with Gasteiger partial charge in [0.2, 0.25) is 5.91 Å². The summed E-state index contributed by atoms with van der Waals surface area (Å²) in [7, 11) is -5.08. The molecule has 7 atom stereocenters. The van der Waals surface area contributed by atoms with E-state index in [0.717, 1.165) is 51.4 Å². The number of ether oxygens (including phenoxy) is 2. The molecule has 0 aromatic carbocycles. The van der Waals surface area contributed by atoms with Gasteiger partial charge in [0, 0.05) is 6.42 Å². The Balaban J connectivity index is 2.18. The van der Waals surface area contributed by atoms with Crippen molar-refractivity contribution in [2.45, 2.75) is 429 Å². The van der Waals surface area contributed by atoms with Crippen LogP contribution in [0.1, 0.15) is 386 Å². The fourth-order valence-electron chi connectivity index (χ4n) is 12.4. The summed E-state index contributed by atoms with van der Waals surface area (Å²) in [5.41, 5.74) is 0. The number of amides is 1. The second-order valence-electron chi connectivity index (χ2n) is 26.2. The van der Waals surface area contributed by atoms with Crippen LogP contribution in [-0.2, 0) is 28.9 Å². The zero-order valence-corrected chi connectivity index (χ0v) is 56.5. The number of unbranched alkanes of at least 4 members (excludes halogenated alkanes) is 53. The minimum Gasteiger partial charge on any atom is -0.394 e. The second kappa shape index (κ2) is 61.7. The zero-order chi connectivity index (χ0) is 61.8. The Hall–Kier alpha value is -1.16. The van der Waals surface area contributed by atoms with Crippen molar-refractivity contribution in [2.24, 2.45) is 0 Å². The quantitative estimate of drug-likeness (QED) is 0.0193. The first-order valence-corrected chi connectivity index (χ1v) is 38.4. The standard InChI is InChI=1S/C72H141NO11S/c1-3-5-7-9-11-13-15-17-19-21-23-25-27-28-29-30-31-32-33-34-35-36-37-38-40-42-44-46-48-50-52-54-56-58-60-62-68(76)73-65(64-82-72-70(78)71(84-85(79,80)81)69(77)67(63-74)83-72)66(75)61-59-57-55-53-51-49-47-45-43-41-39-26-24-22-20-18-16-14-12-10-8-6-4-2/h30-31,65-67,69-72,74-75,77-78H,3-29,32-64H2,1-2H3,(H,73,76)(H,79,80,81)/b31-30-. The highest BCUT2D eigenvalue weighted by Crippen LogP contribution is 2.27. The lowest BCUT2D eigenvalue weighted by Crippen LogP contribution is -2.61. The topological polar surface area (TPSA) is 192 Å². The van der Waals surface area contributed by atoms with Crippen molar-refractivity contribution in [3.63, 3.8) is 0 Å². The molecule has 7 unspecified atom stereocenters. The van der Waals surface area contributed by atoms with Gasteiger partial charge in [-0.1, -0.05) is 353 Å². The first-order valence-electron chi connectivity index (χ1n) is 37.1. The Bertz CT molecular complexity index is 1540. The SMILES string of the molecule is CCCCCCCCCCCCCCCC/C=C\CCCCCCCCCCCCCCCCCCCC(=O)NC(COC1OC(CO)C(O)C(OS(=O)(=O)O)C1O)C(O)CCCCCCCCCCCCCCCCCCCCCCCCC. The largest absolute Gasteiger partial charge is 0.397 e. The van der Waals surface area contributed by atoms with Gasteiger partial charge in [-0.2, -0.15) is 8.42 Å². The smallest absolute Gasteiger partial charge is 0.394 e. The minimum absolute atomic E-state index is 0.220. The van der Waals surface area contributed by atoms with Gasteiger partial charge in [-0.05, 0) is 38.5 Å². The Morgan fingerprint density at radius 1 is 0.459 bits per heavy atom. The van der Waals surface area contributed by atoms with Crippen molar-refractivity contribution >= 4 is 16.3 Å². The number of nitrogens with one attached hydrogen (secondary N) is 1. The summed E-state index contributed by atoms with van der Waals surface area (Å²) in [4.78, 5) is 13.2. The van der Waals surface area contributed by atoms with E-state index in [1.54, 1.807) is 0 Å². The third-order valence-corrected chi connectivity index (χ3v) is 18.5. The molecule has 0 radical (unpaired) electrons. The van der Waals surface area contributed by atoms with Gasteiger partial charge in [-0.15, -0.1) is 0 Å². The highest BCUT2D eigenvalue weighted by atomic mass is 32.3. The van der Waals surface area contributed by atoms with E-state index in [1.165, 1.54) is 308 Å². The lowest BCUT2D eigenvalue weighted by atomic mass is 9.99. The molecule has 0 bridgehead atoms. The third kappa shape index (κ3) is 53.2. The van der Waals surface area contributed by atoms with Crippen LogP contribution in [-0.4, -0.2) is 95.4 Å². The van der Waals surface area contributed by atoms with E-state index >= 15 is 0 Å². The lowest BCUT2D eigenvalue weighted by Gasteiger charge is -2.41. The maximum Gasteiger partial charge on any atom is 0.397 e. The first kappa shape index (κ1) is 81.9. The molecule has 1 rings (SSSR count). The van der Waals surface area contributed by atoms with E-state index < -0.39 is 59.9 Å². The molecule has 1 aliphatic rings. The molecule has 1 saturated heterocycles. The summed E-state index contributed by atoms with van der Waals surface area (Å²) in [6.07, 6.45) is 69.8. The van der Waals surface area contributed by atoms with Crippen molar-refractivity contribution in [2.75, 3.05) is 13.2 Å². The molecule has 506 valence electrons. The highest BCUT2D eigenvalue weighted by Gasteiger charge is 2.48. The molecule has 6 N–H and O–H groups in total. The zero-order valence-electron chi connectivity index (χ0n) is 55.7. The lowest BCUT2D eigenvalue weighted by molar-refractivity contribution is -0.298. The van der Waals surface area contributed by atoms with Crippen LogP contribution in [0.5, 0.6) is 0 Å². The average molecular weight is 1230 g/mol. The summed E-state index contributed by atoms with van der Waals surface area (Å²) in [5.74, 6) is -0.220. The van der Waals surface area contributed by atoms with Crippen LogP contribution < -0.4 is 5.32 Å². The van der Waals surface area contributed by atoms with Crippen LogP contribution in [0.4, 0.5) is 0 Å². The summed E-state index contributed by atoms with van der Waals surface area (Å²) in [6.45, 7) is 3.53. The minimum atomic E-state index is -5.08. The van der Waals surface area contributed by atoms with Gasteiger partial charge in [0.15, 0.2) is 6.29 Å². The van der Waals surface area contributed by atoms with Gasteiger partial charge in [-0.3, -0.25) is 9.35 Å². The average Bonchev–Trinajstić information content (AvgIpc) is 3.59. The molecular formula is C72H141NO11S. The van der Waals surface area contributed by atoms with E-state index in [-0.39, 0.29) is 12.5 Å². The maximum atomic E-state index is 13.2. The van der Waals surface area contributed by atoms with Crippen molar-refractivity contribution in [1.29, 1.82) is 0 Å². The number of aliphatic hydroxyl groups excluding tert-OH is 4. The number of carbonyl (C=O) groups is 1. The predicted octanol–water partition coefficient (Wildman–Crippen LogP) is 19.7. The van der Waals surface area contributed by atoms with Gasteiger partial charge in [0.05, 0.1) is 25.4 Å². The molecule has 12 nitrogen and oxygen atoms in total. The molecule has 0 spiro atoms. The Morgan fingerprint density at radius 3 is 1.06 bits per heavy atom.